The van der Waals surface area contributed by atoms with Crippen LogP contribution in [0.1, 0.15) is 56.6 Å². The third-order valence-corrected chi connectivity index (χ3v) is 7.10. The standard InChI is InChI=1S/C23H32O4S/c24-20(17-7-2-1-3-8-17)12-11-19-18(21-13-14-22(19)27-21)9-4-5-15-28-16-6-10-23(25)26/h1-3,6-8,10,18-22,24H,4-5,9,11-16H2,(H,25,26)/t18-,19+,20?,21-,22+/m1/s1. The second kappa shape index (κ2) is 11.0. The van der Waals surface area contributed by atoms with Gasteiger partial charge in [-0.2, -0.15) is 11.8 Å². The minimum Gasteiger partial charge on any atom is -0.478 e. The summed E-state index contributed by atoms with van der Waals surface area (Å²) < 4.78 is 6.22. The maximum Gasteiger partial charge on any atom is 0.328 e. The minimum absolute atomic E-state index is 0.378. The molecule has 3 rings (SSSR count). The second-order valence-electron chi connectivity index (χ2n) is 7.93. The van der Waals surface area contributed by atoms with Crippen LogP contribution in [0.2, 0.25) is 0 Å². The summed E-state index contributed by atoms with van der Waals surface area (Å²) in [6.07, 6.45) is 11.2. The third-order valence-electron chi connectivity index (χ3n) is 6.10. The van der Waals surface area contributed by atoms with Gasteiger partial charge < -0.3 is 14.9 Å². The fourth-order valence-corrected chi connectivity index (χ4v) is 5.55. The van der Waals surface area contributed by atoms with Crippen molar-refractivity contribution >= 4 is 17.7 Å². The van der Waals surface area contributed by atoms with Gasteiger partial charge >= 0.3 is 5.97 Å². The molecule has 1 aromatic carbocycles. The first-order valence-corrected chi connectivity index (χ1v) is 11.7. The molecule has 28 heavy (non-hydrogen) atoms. The molecule has 1 unspecified atom stereocenters. The van der Waals surface area contributed by atoms with Crippen molar-refractivity contribution in [3.05, 3.63) is 48.0 Å². The van der Waals surface area contributed by atoms with E-state index in [9.17, 15) is 9.90 Å². The number of unbranched alkanes of at least 4 members (excludes halogenated alkanes) is 1. The van der Waals surface area contributed by atoms with E-state index < -0.39 is 5.97 Å². The van der Waals surface area contributed by atoms with Crippen LogP contribution in [0.3, 0.4) is 0 Å². The van der Waals surface area contributed by atoms with E-state index in [1.165, 1.54) is 38.2 Å². The van der Waals surface area contributed by atoms with Crippen molar-refractivity contribution in [3.63, 3.8) is 0 Å². The van der Waals surface area contributed by atoms with Crippen molar-refractivity contribution < 1.29 is 19.7 Å². The Morgan fingerprint density at radius 3 is 2.57 bits per heavy atom. The Labute approximate surface area is 172 Å². The van der Waals surface area contributed by atoms with E-state index in [1.807, 2.05) is 30.3 Å². The number of aliphatic carboxylic acids is 1. The predicted octanol–water partition coefficient (Wildman–Crippen LogP) is 4.84. The molecule has 154 valence electrons. The van der Waals surface area contributed by atoms with Crippen molar-refractivity contribution in [2.24, 2.45) is 11.8 Å². The summed E-state index contributed by atoms with van der Waals surface area (Å²) in [5.41, 5.74) is 1.01. The fraction of sp³-hybridized carbons (Fsp3) is 0.609. The molecule has 1 aromatic rings. The summed E-state index contributed by atoms with van der Waals surface area (Å²) in [5, 5.41) is 19.1. The monoisotopic (exact) mass is 404 g/mol. The van der Waals surface area contributed by atoms with Gasteiger partial charge in [-0.05, 0) is 61.7 Å². The lowest BCUT2D eigenvalue weighted by Crippen LogP contribution is -2.27. The van der Waals surface area contributed by atoms with Crippen LogP contribution in [0.25, 0.3) is 0 Å². The third kappa shape index (κ3) is 6.10. The van der Waals surface area contributed by atoms with Gasteiger partial charge in [0.1, 0.15) is 0 Å². The first-order valence-electron chi connectivity index (χ1n) is 10.5. The molecule has 2 heterocycles. The highest BCUT2D eigenvalue weighted by Crippen LogP contribution is 2.48. The van der Waals surface area contributed by atoms with E-state index in [-0.39, 0.29) is 6.10 Å². The lowest BCUT2D eigenvalue weighted by molar-refractivity contribution is -0.131. The van der Waals surface area contributed by atoms with E-state index >= 15 is 0 Å². The second-order valence-corrected chi connectivity index (χ2v) is 9.08. The molecule has 4 nitrogen and oxygen atoms in total. The number of aliphatic hydroxyl groups is 1. The molecule has 5 atom stereocenters. The molecular formula is C23H32O4S. The molecule has 2 fully saturated rings. The minimum atomic E-state index is -0.875. The Balaban J connectivity index is 1.38. The van der Waals surface area contributed by atoms with E-state index in [4.69, 9.17) is 9.84 Å². The van der Waals surface area contributed by atoms with Gasteiger partial charge in [0.05, 0.1) is 18.3 Å². The number of carbonyl (C=O) groups is 1. The van der Waals surface area contributed by atoms with E-state index in [1.54, 1.807) is 17.8 Å². The van der Waals surface area contributed by atoms with Crippen LogP contribution in [0.4, 0.5) is 0 Å². The van der Waals surface area contributed by atoms with Crippen LogP contribution in [-0.4, -0.2) is 39.9 Å². The highest BCUT2D eigenvalue weighted by atomic mass is 32.2. The molecule has 2 N–H and O–H groups in total. The van der Waals surface area contributed by atoms with Gasteiger partial charge in [-0.3, -0.25) is 0 Å². The summed E-state index contributed by atoms with van der Waals surface area (Å²) in [6.45, 7) is 0. The smallest absolute Gasteiger partial charge is 0.328 e. The lowest BCUT2D eigenvalue weighted by Gasteiger charge is -2.28. The van der Waals surface area contributed by atoms with E-state index in [0.29, 0.717) is 24.0 Å². The number of carboxylic acid groups (broad SMARTS) is 1. The normalized spacial score (nSPS) is 27.5. The number of rotatable bonds is 12. The van der Waals surface area contributed by atoms with Crippen molar-refractivity contribution in [1.82, 2.24) is 0 Å². The molecule has 2 saturated heterocycles. The number of hydrogen-bond acceptors (Lipinski definition) is 4. The van der Waals surface area contributed by atoms with Gasteiger partial charge in [0.15, 0.2) is 0 Å². The SMILES string of the molecule is O=C(O)C=CCSCCCC[C@@H]1[C@H](CCC(O)c2ccccc2)[C@@H]2CC[C@H]1O2. The Morgan fingerprint density at radius 2 is 1.86 bits per heavy atom. The average molecular weight is 405 g/mol. The molecule has 2 bridgehead atoms. The van der Waals surface area contributed by atoms with Gasteiger partial charge in [-0.25, -0.2) is 4.79 Å². The van der Waals surface area contributed by atoms with Crippen molar-refractivity contribution in [2.45, 2.75) is 63.3 Å². The highest BCUT2D eigenvalue weighted by molar-refractivity contribution is 7.99. The summed E-state index contributed by atoms with van der Waals surface area (Å²) in [5.74, 6) is 2.19. The molecule has 0 aromatic heterocycles. The first kappa shape index (κ1) is 21.4. The molecule has 2 aliphatic heterocycles. The van der Waals surface area contributed by atoms with Crippen LogP contribution in [-0.2, 0) is 9.53 Å². The summed E-state index contributed by atoms with van der Waals surface area (Å²) in [4.78, 5) is 10.4. The van der Waals surface area contributed by atoms with Crippen molar-refractivity contribution in [2.75, 3.05) is 11.5 Å². The van der Waals surface area contributed by atoms with E-state index in [2.05, 4.69) is 0 Å². The largest absolute Gasteiger partial charge is 0.478 e. The zero-order chi connectivity index (χ0) is 19.8. The molecule has 0 amide bonds. The van der Waals surface area contributed by atoms with Gasteiger partial charge in [0, 0.05) is 11.8 Å². The van der Waals surface area contributed by atoms with Crippen LogP contribution >= 0.6 is 11.8 Å². The van der Waals surface area contributed by atoms with Gasteiger partial charge in [-0.1, -0.05) is 42.8 Å². The van der Waals surface area contributed by atoms with Crippen molar-refractivity contribution in [3.8, 4) is 0 Å². The number of fused-ring (bicyclic) bond motifs is 2. The Bertz CT molecular complexity index is 633. The summed E-state index contributed by atoms with van der Waals surface area (Å²) in [6, 6.07) is 9.96. The van der Waals surface area contributed by atoms with Crippen LogP contribution in [0.5, 0.6) is 0 Å². The maximum absolute atomic E-state index is 10.5. The molecular weight excluding hydrogens is 372 g/mol. The number of aliphatic hydroxyl groups excluding tert-OH is 1. The number of thioether (sulfide) groups is 1. The van der Waals surface area contributed by atoms with Gasteiger partial charge in [0.2, 0.25) is 0 Å². The van der Waals surface area contributed by atoms with Gasteiger partial charge in [-0.15, -0.1) is 0 Å². The molecule has 0 saturated carbocycles. The Kier molecular flexibility index (Phi) is 8.44. The predicted molar refractivity (Wildman–Crippen MR) is 113 cm³/mol. The van der Waals surface area contributed by atoms with Crippen LogP contribution in [0, 0.1) is 11.8 Å². The average Bonchev–Trinajstić information content (AvgIpc) is 3.30. The van der Waals surface area contributed by atoms with Crippen molar-refractivity contribution in [1.29, 1.82) is 0 Å². The Morgan fingerprint density at radius 1 is 1.14 bits per heavy atom. The Hall–Kier alpha value is -1.30. The molecule has 0 aliphatic carbocycles. The molecule has 2 aliphatic rings. The summed E-state index contributed by atoms with van der Waals surface area (Å²) >= 11 is 1.79. The zero-order valence-electron chi connectivity index (χ0n) is 16.4. The quantitative estimate of drug-likeness (QED) is 0.385. The number of ether oxygens (including phenoxy) is 1. The molecule has 0 spiro atoms. The zero-order valence-corrected chi connectivity index (χ0v) is 17.2. The molecule has 5 heteroatoms. The lowest BCUT2D eigenvalue weighted by atomic mass is 9.74. The molecule has 0 radical (unpaired) electrons. The highest BCUT2D eigenvalue weighted by Gasteiger charge is 2.47. The van der Waals surface area contributed by atoms with Crippen LogP contribution < -0.4 is 0 Å². The topological polar surface area (TPSA) is 66.8 Å². The maximum atomic E-state index is 10.5. The van der Waals surface area contributed by atoms with E-state index in [0.717, 1.165) is 29.9 Å². The van der Waals surface area contributed by atoms with Gasteiger partial charge in [0.25, 0.3) is 0 Å². The first-order chi connectivity index (χ1) is 13.6. The van der Waals surface area contributed by atoms with Crippen LogP contribution in [0.15, 0.2) is 42.5 Å². The summed E-state index contributed by atoms with van der Waals surface area (Å²) in [7, 11) is 0. The number of benzene rings is 1. The number of carboxylic acids is 1. The fourth-order valence-electron chi connectivity index (χ4n) is 4.75. The number of hydrogen-bond donors (Lipinski definition) is 2.